The lowest BCUT2D eigenvalue weighted by Gasteiger charge is -2.11. The van der Waals surface area contributed by atoms with Gasteiger partial charge in [-0.1, -0.05) is 146 Å². The maximum atomic E-state index is 2.45. The smallest absolute Gasteiger partial charge is 0.00201 e. The van der Waals surface area contributed by atoms with E-state index in [0.717, 1.165) is 0 Å². The van der Waals surface area contributed by atoms with Gasteiger partial charge in [-0.05, 0) is 143 Å². The zero-order valence-corrected chi connectivity index (χ0v) is 27.2. The molecule has 0 heteroatoms. The monoisotopic (exact) mass is 628 g/mol. The quantitative estimate of drug-likeness (QED) is 0.179. The van der Waals surface area contributed by atoms with Gasteiger partial charge in [-0.2, -0.15) is 0 Å². The predicted octanol–water partition coefficient (Wildman–Crippen LogP) is 14.3. The molecule has 12 aromatic rings. The average Bonchev–Trinajstić information content (AvgIpc) is 3.66. The highest BCUT2D eigenvalue weighted by Crippen LogP contribution is 2.47. The Morgan fingerprint density at radius 3 is 0.960 bits per heavy atom. The summed E-state index contributed by atoms with van der Waals surface area (Å²) < 4.78 is 0. The second-order valence-electron chi connectivity index (χ2n) is 14.0. The standard InChI is InChI=1S/C50H28/c1-3-13-33-29(9-1)11-5-15-35(33)37-21-23-43-47-27-32-26-46-42-20-8-18-40-38(36-16-6-12-30-10-2-4-14-34(30)36)22-24-44(50(40)42)48(46)28-31(32)25-45(47)41-19-7-17-39(37)49(41)43/h1-28H. The fraction of sp³-hybridized carbons (Fsp3) is 0. The van der Waals surface area contributed by atoms with Gasteiger partial charge in [0.15, 0.2) is 0 Å². The van der Waals surface area contributed by atoms with Crippen LogP contribution in [-0.4, -0.2) is 0 Å². The van der Waals surface area contributed by atoms with E-state index in [-0.39, 0.29) is 0 Å². The van der Waals surface area contributed by atoms with Gasteiger partial charge in [0, 0.05) is 0 Å². The van der Waals surface area contributed by atoms with Crippen molar-refractivity contribution in [1.29, 1.82) is 0 Å². The average molecular weight is 629 g/mol. The van der Waals surface area contributed by atoms with E-state index < -0.39 is 0 Å². The molecule has 0 spiro atoms. The Balaban J connectivity index is 1.12. The molecule has 0 unspecified atom stereocenters. The summed E-state index contributed by atoms with van der Waals surface area (Å²) in [6.07, 6.45) is 0. The molecule has 12 aromatic carbocycles. The van der Waals surface area contributed by atoms with Crippen molar-refractivity contribution in [3.8, 4) is 22.3 Å². The van der Waals surface area contributed by atoms with E-state index in [0.29, 0.717) is 0 Å². The van der Waals surface area contributed by atoms with E-state index in [1.54, 1.807) is 0 Å². The molecule has 0 aliphatic carbocycles. The fourth-order valence-corrected chi connectivity index (χ4v) is 9.34. The first kappa shape index (κ1) is 26.5. The molecule has 0 aliphatic rings. The first-order valence-corrected chi connectivity index (χ1v) is 17.5. The van der Waals surface area contributed by atoms with Crippen molar-refractivity contribution in [2.24, 2.45) is 0 Å². The Morgan fingerprint density at radius 2 is 0.500 bits per heavy atom. The second-order valence-corrected chi connectivity index (χ2v) is 14.0. The van der Waals surface area contributed by atoms with Gasteiger partial charge in [-0.25, -0.2) is 0 Å². The summed E-state index contributed by atoms with van der Waals surface area (Å²) in [6.45, 7) is 0. The highest BCUT2D eigenvalue weighted by atomic mass is 14.2. The minimum atomic E-state index is 1.28. The van der Waals surface area contributed by atoms with E-state index in [1.165, 1.54) is 119 Å². The summed E-state index contributed by atoms with van der Waals surface area (Å²) in [5.41, 5.74) is 5.18. The topological polar surface area (TPSA) is 0 Å². The lowest BCUT2D eigenvalue weighted by Crippen LogP contribution is -1.84. The lowest BCUT2D eigenvalue weighted by atomic mass is 9.93. The Bertz CT molecular complexity index is 3060. The molecule has 0 radical (unpaired) electrons. The summed E-state index contributed by atoms with van der Waals surface area (Å²) in [4.78, 5) is 0. The minimum absolute atomic E-state index is 1.28. The summed E-state index contributed by atoms with van der Waals surface area (Å²) in [5.74, 6) is 0. The van der Waals surface area contributed by atoms with Gasteiger partial charge in [0.1, 0.15) is 0 Å². The van der Waals surface area contributed by atoms with Crippen LogP contribution in [0.1, 0.15) is 0 Å². The maximum absolute atomic E-state index is 2.45. The van der Waals surface area contributed by atoms with Crippen LogP contribution in [0, 0.1) is 0 Å². The third kappa shape index (κ3) is 3.40. The van der Waals surface area contributed by atoms with Crippen LogP contribution < -0.4 is 0 Å². The van der Waals surface area contributed by atoms with Gasteiger partial charge >= 0.3 is 0 Å². The molecule has 12 rings (SSSR count). The largest absolute Gasteiger partial charge is 0.0616 e. The molecule has 50 heavy (non-hydrogen) atoms. The summed E-state index contributed by atoms with van der Waals surface area (Å²) in [7, 11) is 0. The van der Waals surface area contributed by atoms with E-state index >= 15 is 0 Å². The number of rotatable bonds is 2. The van der Waals surface area contributed by atoms with Gasteiger partial charge in [0.25, 0.3) is 0 Å². The van der Waals surface area contributed by atoms with Crippen LogP contribution in [0.4, 0.5) is 0 Å². The molecule has 0 aromatic heterocycles. The molecule has 0 bridgehead atoms. The van der Waals surface area contributed by atoms with Gasteiger partial charge in [0.2, 0.25) is 0 Å². The highest BCUT2D eigenvalue weighted by Gasteiger charge is 2.19. The first-order valence-electron chi connectivity index (χ1n) is 17.5. The Kier molecular flexibility index (Phi) is 5.06. The molecule has 0 heterocycles. The van der Waals surface area contributed by atoms with E-state index in [1.807, 2.05) is 0 Å². The van der Waals surface area contributed by atoms with Crippen LogP contribution >= 0.6 is 0 Å². The molecule has 0 fully saturated rings. The van der Waals surface area contributed by atoms with Crippen LogP contribution in [0.25, 0.3) is 119 Å². The van der Waals surface area contributed by atoms with Crippen LogP contribution in [0.2, 0.25) is 0 Å². The summed E-state index contributed by atoms with van der Waals surface area (Å²) in [5, 5.41) is 23.8. The second kappa shape index (κ2) is 9.56. The van der Waals surface area contributed by atoms with Crippen LogP contribution in [0.3, 0.4) is 0 Å². The van der Waals surface area contributed by atoms with Crippen molar-refractivity contribution in [1.82, 2.24) is 0 Å². The molecular formula is C50H28. The van der Waals surface area contributed by atoms with Crippen LogP contribution in [-0.2, 0) is 0 Å². The molecule has 0 atom stereocenters. The maximum Gasteiger partial charge on any atom is -0.00201 e. The van der Waals surface area contributed by atoms with Gasteiger partial charge in [0.05, 0.1) is 0 Å². The molecule has 0 saturated carbocycles. The normalized spacial score (nSPS) is 12.4. The Morgan fingerprint density at radius 1 is 0.180 bits per heavy atom. The van der Waals surface area contributed by atoms with Gasteiger partial charge < -0.3 is 0 Å². The van der Waals surface area contributed by atoms with Crippen molar-refractivity contribution >= 4 is 97.0 Å². The number of hydrogen-bond donors (Lipinski definition) is 0. The number of hydrogen-bond acceptors (Lipinski definition) is 0. The zero-order valence-electron chi connectivity index (χ0n) is 27.2. The van der Waals surface area contributed by atoms with E-state index in [9.17, 15) is 0 Å². The van der Waals surface area contributed by atoms with Gasteiger partial charge in [-0.3, -0.25) is 0 Å². The third-order valence-corrected chi connectivity index (χ3v) is 11.5. The molecule has 0 nitrogen and oxygen atoms in total. The Hall–Kier alpha value is -6.50. The molecule has 0 aliphatic heterocycles. The van der Waals surface area contributed by atoms with Crippen LogP contribution in [0.15, 0.2) is 170 Å². The minimum Gasteiger partial charge on any atom is -0.0616 e. The molecular weight excluding hydrogens is 601 g/mol. The fourth-order valence-electron chi connectivity index (χ4n) is 9.34. The SMILES string of the molecule is c1ccc2c(-c3ccc4c5cc6cc7c(cc6cc5c5cccc3c54)c3ccc(-c4cccc5ccccc45)c4cccc7c43)cccc2c1. The predicted molar refractivity (Wildman–Crippen MR) is 217 cm³/mol. The van der Waals surface area contributed by atoms with Gasteiger partial charge in [-0.15, -0.1) is 0 Å². The summed E-state index contributed by atoms with van der Waals surface area (Å²) >= 11 is 0. The molecule has 0 amide bonds. The zero-order chi connectivity index (χ0) is 32.5. The third-order valence-electron chi connectivity index (χ3n) is 11.5. The lowest BCUT2D eigenvalue weighted by molar-refractivity contribution is 1.71. The Labute approximate surface area is 288 Å². The van der Waals surface area contributed by atoms with Crippen molar-refractivity contribution in [2.45, 2.75) is 0 Å². The van der Waals surface area contributed by atoms with Crippen molar-refractivity contribution in [3.05, 3.63) is 170 Å². The van der Waals surface area contributed by atoms with Crippen molar-refractivity contribution in [2.75, 3.05) is 0 Å². The molecule has 0 saturated heterocycles. The van der Waals surface area contributed by atoms with Crippen molar-refractivity contribution in [3.63, 3.8) is 0 Å². The molecule has 0 N–H and O–H groups in total. The van der Waals surface area contributed by atoms with Crippen molar-refractivity contribution < 1.29 is 0 Å². The number of fused-ring (bicyclic) bond motifs is 9. The molecule has 228 valence electrons. The van der Waals surface area contributed by atoms with E-state index in [2.05, 4.69) is 170 Å². The first-order chi connectivity index (χ1) is 24.8. The summed E-state index contributed by atoms with van der Waals surface area (Å²) in [6, 6.07) is 63.7. The van der Waals surface area contributed by atoms with E-state index in [4.69, 9.17) is 0 Å². The van der Waals surface area contributed by atoms with Crippen LogP contribution in [0.5, 0.6) is 0 Å². The number of benzene rings is 10. The highest BCUT2D eigenvalue weighted by molar-refractivity contribution is 6.36.